The largest absolute Gasteiger partial charge is 0.336 e. The van der Waals surface area contributed by atoms with Crippen molar-refractivity contribution in [3.63, 3.8) is 0 Å². The summed E-state index contributed by atoms with van der Waals surface area (Å²) < 4.78 is 0. The number of para-hydroxylation sites is 1. The highest BCUT2D eigenvalue weighted by molar-refractivity contribution is 5.94. The molecule has 0 bridgehead atoms. The summed E-state index contributed by atoms with van der Waals surface area (Å²) in [7, 11) is 0. The Morgan fingerprint density at radius 3 is 2.62 bits per heavy atom. The van der Waals surface area contributed by atoms with Gasteiger partial charge in [-0.25, -0.2) is 4.98 Å². The molecule has 1 aliphatic rings. The number of fused-ring (bicyclic) bond motifs is 1. The van der Waals surface area contributed by atoms with E-state index >= 15 is 0 Å². The van der Waals surface area contributed by atoms with Crippen molar-refractivity contribution >= 4 is 29.9 Å². The fourth-order valence-corrected chi connectivity index (χ4v) is 3.79. The van der Waals surface area contributed by atoms with Gasteiger partial charge in [-0.15, -0.1) is 12.4 Å². The zero-order valence-corrected chi connectivity index (χ0v) is 19.7. The van der Waals surface area contributed by atoms with Crippen LogP contribution >= 0.6 is 12.4 Å². The van der Waals surface area contributed by atoms with Gasteiger partial charge in [0.1, 0.15) is 11.5 Å². The Morgan fingerprint density at radius 2 is 1.91 bits per heavy atom. The standard InChI is InChI=1S/C23H31N5O3.ClH/c1-16(2)13-22(30)28-11-6-10-27(23(31)19-14-21(29)26-17(3)25-19)12-9-24-15-18-7-4-5-8-20(18)28;/h4-5,7-8,14,16,24H,6,9-13,15H2,1-3H3,(H,25,26,29);1H. The Kier molecular flexibility index (Phi) is 9.41. The highest BCUT2D eigenvalue weighted by Gasteiger charge is 2.23. The van der Waals surface area contributed by atoms with Gasteiger partial charge in [0.2, 0.25) is 5.91 Å². The Labute approximate surface area is 194 Å². The van der Waals surface area contributed by atoms with Crippen LogP contribution in [-0.4, -0.2) is 52.9 Å². The van der Waals surface area contributed by atoms with E-state index in [2.05, 4.69) is 15.3 Å². The first-order valence-corrected chi connectivity index (χ1v) is 10.8. The Bertz CT molecular complexity index is 992. The van der Waals surface area contributed by atoms with E-state index in [4.69, 9.17) is 0 Å². The van der Waals surface area contributed by atoms with E-state index in [1.165, 1.54) is 6.07 Å². The van der Waals surface area contributed by atoms with Crippen LogP contribution in [0.15, 0.2) is 35.1 Å². The molecule has 0 atom stereocenters. The van der Waals surface area contributed by atoms with Crippen molar-refractivity contribution in [3.05, 3.63) is 57.8 Å². The average molecular weight is 462 g/mol. The molecule has 0 saturated heterocycles. The molecule has 0 saturated carbocycles. The molecule has 0 fully saturated rings. The minimum Gasteiger partial charge on any atom is -0.336 e. The lowest BCUT2D eigenvalue weighted by Crippen LogP contribution is -2.39. The second kappa shape index (κ2) is 11.8. The zero-order valence-electron chi connectivity index (χ0n) is 18.9. The predicted molar refractivity (Wildman–Crippen MR) is 127 cm³/mol. The number of hydrogen-bond donors (Lipinski definition) is 2. The topological polar surface area (TPSA) is 98.4 Å². The third kappa shape index (κ3) is 6.64. The van der Waals surface area contributed by atoms with Crippen molar-refractivity contribution in [1.29, 1.82) is 0 Å². The Hall–Kier alpha value is -2.71. The molecule has 2 N–H and O–H groups in total. The molecular formula is C23H32ClN5O3. The molecule has 174 valence electrons. The molecule has 1 aliphatic heterocycles. The third-order valence-electron chi connectivity index (χ3n) is 5.22. The van der Waals surface area contributed by atoms with Gasteiger partial charge >= 0.3 is 0 Å². The number of aryl methyl sites for hydroxylation is 1. The van der Waals surface area contributed by atoms with Crippen molar-refractivity contribution < 1.29 is 9.59 Å². The fraction of sp³-hybridized carbons (Fsp3) is 0.478. The fourth-order valence-electron chi connectivity index (χ4n) is 3.79. The highest BCUT2D eigenvalue weighted by Crippen LogP contribution is 2.23. The number of nitrogens with zero attached hydrogens (tertiary/aromatic N) is 3. The number of anilines is 1. The lowest BCUT2D eigenvalue weighted by atomic mass is 10.1. The van der Waals surface area contributed by atoms with Gasteiger partial charge in [0.25, 0.3) is 11.5 Å². The summed E-state index contributed by atoms with van der Waals surface area (Å²) in [4.78, 5) is 48.1. The quantitative estimate of drug-likeness (QED) is 0.731. The number of hydrogen-bond acceptors (Lipinski definition) is 5. The number of carbonyl (C=O) groups is 2. The van der Waals surface area contributed by atoms with Crippen molar-refractivity contribution in [3.8, 4) is 0 Å². The number of carbonyl (C=O) groups excluding carboxylic acids is 2. The second-order valence-corrected chi connectivity index (χ2v) is 8.31. The summed E-state index contributed by atoms with van der Waals surface area (Å²) in [5.41, 5.74) is 1.79. The number of benzene rings is 1. The highest BCUT2D eigenvalue weighted by atomic mass is 35.5. The molecule has 9 heteroatoms. The molecule has 0 aliphatic carbocycles. The van der Waals surface area contributed by atoms with Crippen LogP contribution in [-0.2, 0) is 11.3 Å². The molecule has 32 heavy (non-hydrogen) atoms. The van der Waals surface area contributed by atoms with Crippen LogP contribution in [0.5, 0.6) is 0 Å². The Morgan fingerprint density at radius 1 is 1.16 bits per heavy atom. The average Bonchev–Trinajstić information content (AvgIpc) is 2.75. The molecule has 2 amide bonds. The van der Waals surface area contributed by atoms with Crippen LogP contribution in [0.25, 0.3) is 0 Å². The number of aromatic amines is 1. The molecule has 1 aromatic heterocycles. The number of aromatic nitrogens is 2. The number of amides is 2. The molecule has 3 rings (SSSR count). The predicted octanol–water partition coefficient (Wildman–Crippen LogP) is 2.51. The van der Waals surface area contributed by atoms with Crippen LogP contribution < -0.4 is 15.8 Å². The second-order valence-electron chi connectivity index (χ2n) is 8.31. The number of rotatable bonds is 3. The molecular weight excluding hydrogens is 430 g/mol. The molecule has 2 aromatic rings. The van der Waals surface area contributed by atoms with Crippen molar-refractivity contribution in [1.82, 2.24) is 20.2 Å². The van der Waals surface area contributed by atoms with Gasteiger partial charge in [-0.1, -0.05) is 32.0 Å². The van der Waals surface area contributed by atoms with Crippen molar-refractivity contribution in [2.24, 2.45) is 5.92 Å². The smallest absolute Gasteiger partial charge is 0.272 e. The monoisotopic (exact) mass is 461 g/mol. The van der Waals surface area contributed by atoms with Crippen LogP contribution in [0.4, 0.5) is 5.69 Å². The summed E-state index contributed by atoms with van der Waals surface area (Å²) in [5.74, 6) is 0.492. The zero-order chi connectivity index (χ0) is 22.4. The number of nitrogens with one attached hydrogen (secondary N) is 2. The van der Waals surface area contributed by atoms with Crippen LogP contribution in [0, 0.1) is 12.8 Å². The SMILES string of the molecule is Cc1nc(C(=O)N2CCCN(C(=O)CC(C)C)c3ccccc3CNCC2)cc(=O)[nH]1.Cl. The lowest BCUT2D eigenvalue weighted by molar-refractivity contribution is -0.119. The molecule has 2 heterocycles. The molecule has 0 spiro atoms. The molecule has 0 radical (unpaired) electrons. The van der Waals surface area contributed by atoms with E-state index in [0.717, 1.165) is 11.3 Å². The lowest BCUT2D eigenvalue weighted by Gasteiger charge is -2.27. The minimum atomic E-state index is -0.340. The van der Waals surface area contributed by atoms with E-state index < -0.39 is 0 Å². The first-order chi connectivity index (χ1) is 14.8. The van der Waals surface area contributed by atoms with E-state index in [1.807, 2.05) is 43.0 Å². The summed E-state index contributed by atoms with van der Waals surface area (Å²) in [5, 5.41) is 3.38. The van der Waals surface area contributed by atoms with Gasteiger partial charge in [-0.2, -0.15) is 0 Å². The van der Waals surface area contributed by atoms with Gasteiger partial charge in [0.15, 0.2) is 0 Å². The van der Waals surface area contributed by atoms with Crippen LogP contribution in [0.1, 0.15) is 48.6 Å². The van der Waals surface area contributed by atoms with Gasteiger partial charge < -0.3 is 20.1 Å². The van der Waals surface area contributed by atoms with Gasteiger partial charge in [-0.05, 0) is 30.9 Å². The maximum absolute atomic E-state index is 13.0. The third-order valence-corrected chi connectivity index (χ3v) is 5.22. The molecule has 0 unspecified atom stereocenters. The minimum absolute atomic E-state index is 0. The summed E-state index contributed by atoms with van der Waals surface area (Å²) in [6.45, 7) is 8.42. The van der Waals surface area contributed by atoms with Crippen LogP contribution in [0.2, 0.25) is 0 Å². The summed E-state index contributed by atoms with van der Waals surface area (Å²) in [6, 6.07) is 9.18. The van der Waals surface area contributed by atoms with E-state index in [0.29, 0.717) is 51.4 Å². The number of H-pyrrole nitrogens is 1. The van der Waals surface area contributed by atoms with E-state index in [1.54, 1.807) is 11.8 Å². The molecule has 1 aromatic carbocycles. The van der Waals surface area contributed by atoms with Gasteiger partial charge in [0.05, 0.1) is 0 Å². The van der Waals surface area contributed by atoms with Gasteiger partial charge in [0, 0.05) is 50.9 Å². The van der Waals surface area contributed by atoms with E-state index in [-0.39, 0.29) is 41.4 Å². The van der Waals surface area contributed by atoms with Gasteiger partial charge in [-0.3, -0.25) is 14.4 Å². The molecule has 8 nitrogen and oxygen atoms in total. The normalized spacial score (nSPS) is 14.9. The number of halogens is 1. The van der Waals surface area contributed by atoms with Crippen molar-refractivity contribution in [2.75, 3.05) is 31.1 Å². The first-order valence-electron chi connectivity index (χ1n) is 10.8. The maximum atomic E-state index is 13.0. The van der Waals surface area contributed by atoms with Crippen molar-refractivity contribution in [2.45, 2.75) is 40.2 Å². The van der Waals surface area contributed by atoms with Crippen LogP contribution in [0.3, 0.4) is 0 Å². The first kappa shape index (κ1) is 25.5. The van der Waals surface area contributed by atoms with E-state index in [9.17, 15) is 14.4 Å². The summed E-state index contributed by atoms with van der Waals surface area (Å²) in [6.07, 6.45) is 1.10. The summed E-state index contributed by atoms with van der Waals surface area (Å²) >= 11 is 0. The maximum Gasteiger partial charge on any atom is 0.272 e. The Balaban J connectivity index is 0.00000363.